The van der Waals surface area contributed by atoms with Gasteiger partial charge in [0, 0.05) is 41.5 Å². The summed E-state index contributed by atoms with van der Waals surface area (Å²) in [5, 5.41) is 0.987. The van der Waals surface area contributed by atoms with Crippen molar-refractivity contribution >= 4 is 16.9 Å². The molecule has 0 saturated carbocycles. The molecule has 0 saturated heterocycles. The minimum atomic E-state index is -4.74. The van der Waals surface area contributed by atoms with Crippen LogP contribution in [0, 0.1) is 0 Å². The molecule has 8 heteroatoms. The van der Waals surface area contributed by atoms with Gasteiger partial charge >= 0.3 is 6.36 Å². The monoisotopic (exact) mass is 384 g/mol. The van der Waals surface area contributed by atoms with Crippen LogP contribution in [-0.2, 0) is 7.05 Å². The Morgan fingerprint density at radius 1 is 1.00 bits per heavy atom. The van der Waals surface area contributed by atoms with E-state index in [0.717, 1.165) is 16.5 Å². The highest BCUT2D eigenvalue weighted by molar-refractivity contribution is 5.98. The molecule has 2 N–H and O–H groups in total. The molecule has 28 heavy (non-hydrogen) atoms. The predicted octanol–water partition coefficient (Wildman–Crippen LogP) is 4.78. The minimum absolute atomic E-state index is 0.115. The van der Waals surface area contributed by atoms with Crippen molar-refractivity contribution in [3.8, 4) is 28.1 Å². The predicted molar refractivity (Wildman–Crippen MR) is 100 cm³/mol. The average molecular weight is 384 g/mol. The maximum Gasteiger partial charge on any atom is 0.573 e. The zero-order chi connectivity index (χ0) is 19.9. The fraction of sp³-hybridized carbons (Fsp3) is 0.100. The Balaban J connectivity index is 1.84. The highest BCUT2D eigenvalue weighted by Crippen LogP contribution is 2.36. The van der Waals surface area contributed by atoms with Gasteiger partial charge in [-0.15, -0.1) is 13.2 Å². The molecule has 142 valence electrons. The SMILES string of the molecule is Cn1cc(-c2nc(N)ncc2-c2ccc(OC(F)(F)F)cc2)c2ccccc21. The summed E-state index contributed by atoms with van der Waals surface area (Å²) in [6, 6.07) is 13.4. The van der Waals surface area contributed by atoms with Crippen molar-refractivity contribution in [3.63, 3.8) is 0 Å². The molecule has 2 aromatic heterocycles. The molecule has 0 fully saturated rings. The second-order valence-electron chi connectivity index (χ2n) is 6.23. The molecule has 2 heterocycles. The number of rotatable bonds is 3. The van der Waals surface area contributed by atoms with Crippen molar-refractivity contribution in [3.05, 3.63) is 60.9 Å². The molecule has 4 aromatic rings. The van der Waals surface area contributed by atoms with Gasteiger partial charge in [0.2, 0.25) is 5.95 Å². The largest absolute Gasteiger partial charge is 0.573 e. The number of aryl methyl sites for hydroxylation is 1. The summed E-state index contributed by atoms with van der Waals surface area (Å²) in [5.74, 6) is -0.178. The Hall–Kier alpha value is -3.55. The van der Waals surface area contributed by atoms with Gasteiger partial charge in [-0.3, -0.25) is 0 Å². The average Bonchev–Trinajstić information content (AvgIpc) is 2.98. The zero-order valence-electron chi connectivity index (χ0n) is 14.7. The third-order valence-corrected chi connectivity index (χ3v) is 4.36. The number of fused-ring (bicyclic) bond motifs is 1. The van der Waals surface area contributed by atoms with Crippen molar-refractivity contribution in [2.45, 2.75) is 6.36 Å². The lowest BCUT2D eigenvalue weighted by atomic mass is 10.0. The maximum atomic E-state index is 12.4. The fourth-order valence-corrected chi connectivity index (χ4v) is 3.18. The van der Waals surface area contributed by atoms with E-state index in [9.17, 15) is 13.2 Å². The van der Waals surface area contributed by atoms with Crippen LogP contribution in [-0.4, -0.2) is 20.9 Å². The zero-order valence-corrected chi connectivity index (χ0v) is 14.7. The third-order valence-electron chi connectivity index (χ3n) is 4.36. The Labute approximate surface area is 158 Å². The van der Waals surface area contributed by atoms with E-state index in [-0.39, 0.29) is 11.7 Å². The van der Waals surface area contributed by atoms with Crippen molar-refractivity contribution in [2.24, 2.45) is 7.05 Å². The number of alkyl halides is 3. The van der Waals surface area contributed by atoms with Gasteiger partial charge in [0.05, 0.1) is 5.69 Å². The second kappa shape index (κ2) is 6.56. The van der Waals surface area contributed by atoms with E-state index in [1.165, 1.54) is 24.3 Å². The molecule has 0 aliphatic rings. The lowest BCUT2D eigenvalue weighted by Crippen LogP contribution is -2.16. The molecule has 0 bridgehead atoms. The third kappa shape index (κ3) is 3.36. The quantitative estimate of drug-likeness (QED) is 0.552. The first-order valence-corrected chi connectivity index (χ1v) is 8.35. The van der Waals surface area contributed by atoms with Crippen molar-refractivity contribution < 1.29 is 17.9 Å². The molecule has 5 nitrogen and oxygen atoms in total. The van der Waals surface area contributed by atoms with Gasteiger partial charge in [0.1, 0.15) is 5.75 Å². The number of ether oxygens (including phenoxy) is 1. The van der Waals surface area contributed by atoms with Crippen LogP contribution < -0.4 is 10.5 Å². The fourth-order valence-electron chi connectivity index (χ4n) is 3.18. The van der Waals surface area contributed by atoms with E-state index in [2.05, 4.69) is 14.7 Å². The van der Waals surface area contributed by atoms with Gasteiger partial charge in [0.25, 0.3) is 0 Å². The number of nitrogen functional groups attached to an aromatic ring is 1. The molecule has 0 aliphatic heterocycles. The Morgan fingerprint density at radius 3 is 2.43 bits per heavy atom. The number of nitrogens with two attached hydrogens (primary N) is 1. The van der Waals surface area contributed by atoms with Crippen molar-refractivity contribution in [1.82, 2.24) is 14.5 Å². The molecular formula is C20H15F3N4O. The minimum Gasteiger partial charge on any atom is -0.406 e. The summed E-state index contributed by atoms with van der Waals surface area (Å²) in [5.41, 5.74) is 9.61. The summed E-state index contributed by atoms with van der Waals surface area (Å²) < 4.78 is 43.1. The number of hydrogen-bond donors (Lipinski definition) is 1. The van der Waals surface area contributed by atoms with Gasteiger partial charge in [-0.1, -0.05) is 30.3 Å². The number of para-hydroxylation sites is 1. The van der Waals surface area contributed by atoms with Crippen molar-refractivity contribution in [1.29, 1.82) is 0 Å². The molecule has 2 aromatic carbocycles. The summed E-state index contributed by atoms with van der Waals surface area (Å²) >= 11 is 0. The highest BCUT2D eigenvalue weighted by atomic mass is 19.4. The van der Waals surface area contributed by atoms with Gasteiger partial charge < -0.3 is 15.0 Å². The molecule has 4 rings (SSSR count). The first-order chi connectivity index (χ1) is 13.3. The van der Waals surface area contributed by atoms with Crippen LogP contribution in [0.3, 0.4) is 0 Å². The van der Waals surface area contributed by atoms with E-state index >= 15 is 0 Å². The lowest BCUT2D eigenvalue weighted by Gasteiger charge is -2.11. The first-order valence-electron chi connectivity index (χ1n) is 8.35. The number of aromatic nitrogens is 3. The van der Waals surface area contributed by atoms with Crippen LogP contribution in [0.15, 0.2) is 60.9 Å². The first kappa shape index (κ1) is 17.8. The van der Waals surface area contributed by atoms with Crippen LogP contribution in [0.25, 0.3) is 33.3 Å². The summed E-state index contributed by atoms with van der Waals surface area (Å²) in [6.07, 6.45) is -1.23. The number of halogens is 3. The van der Waals surface area contributed by atoms with Gasteiger partial charge in [-0.25, -0.2) is 9.97 Å². The van der Waals surface area contributed by atoms with Gasteiger partial charge in [-0.2, -0.15) is 0 Å². The van der Waals surface area contributed by atoms with E-state index < -0.39 is 6.36 Å². The molecule has 0 aliphatic carbocycles. The molecule has 0 spiro atoms. The van der Waals surface area contributed by atoms with Crippen molar-refractivity contribution in [2.75, 3.05) is 5.73 Å². The van der Waals surface area contributed by atoms with Gasteiger partial charge in [-0.05, 0) is 23.8 Å². The summed E-state index contributed by atoms with van der Waals surface area (Å²) in [7, 11) is 1.93. The van der Waals surface area contributed by atoms with E-state index in [4.69, 9.17) is 5.73 Å². The van der Waals surface area contributed by atoms with Crippen LogP contribution in [0.5, 0.6) is 5.75 Å². The number of hydrogen-bond acceptors (Lipinski definition) is 4. The maximum absolute atomic E-state index is 12.4. The molecule has 0 atom stereocenters. The van der Waals surface area contributed by atoms with Gasteiger partial charge in [0.15, 0.2) is 0 Å². The lowest BCUT2D eigenvalue weighted by molar-refractivity contribution is -0.274. The normalized spacial score (nSPS) is 11.7. The van der Waals surface area contributed by atoms with Crippen LogP contribution >= 0.6 is 0 Å². The molecular weight excluding hydrogens is 369 g/mol. The topological polar surface area (TPSA) is 66.0 Å². The number of anilines is 1. The van der Waals surface area contributed by atoms with E-state index in [1.807, 2.05) is 42.1 Å². The molecule has 0 amide bonds. The smallest absolute Gasteiger partial charge is 0.406 e. The number of benzene rings is 2. The molecule has 0 radical (unpaired) electrons. The Bertz CT molecular complexity index is 1150. The van der Waals surface area contributed by atoms with E-state index in [1.54, 1.807) is 6.20 Å². The standard InChI is InChI=1S/C20H15F3N4O/c1-27-11-16(14-4-2-3-5-17(14)27)18-15(10-25-19(24)26-18)12-6-8-13(9-7-12)28-20(21,22)23/h2-11H,1H3,(H2,24,25,26). The Morgan fingerprint density at radius 2 is 1.71 bits per heavy atom. The number of nitrogens with zero attached hydrogens (tertiary/aromatic N) is 3. The summed E-state index contributed by atoms with van der Waals surface area (Å²) in [4.78, 5) is 8.47. The Kier molecular flexibility index (Phi) is 4.18. The van der Waals surface area contributed by atoms with Crippen LogP contribution in [0.2, 0.25) is 0 Å². The highest BCUT2D eigenvalue weighted by Gasteiger charge is 2.31. The summed E-state index contributed by atoms with van der Waals surface area (Å²) in [6.45, 7) is 0. The second-order valence-corrected chi connectivity index (χ2v) is 6.23. The van der Waals surface area contributed by atoms with Crippen LogP contribution in [0.1, 0.15) is 0 Å². The van der Waals surface area contributed by atoms with Crippen LogP contribution in [0.4, 0.5) is 19.1 Å². The van der Waals surface area contributed by atoms with E-state index in [0.29, 0.717) is 16.8 Å². The molecule has 0 unspecified atom stereocenters.